The smallest absolute Gasteiger partial charge is 0.407 e. The van der Waals surface area contributed by atoms with E-state index in [0.29, 0.717) is 30.3 Å². The van der Waals surface area contributed by atoms with Crippen molar-refractivity contribution in [1.29, 1.82) is 0 Å². The normalized spacial score (nSPS) is 18.4. The number of nitrogen functional groups attached to an aromatic ring is 1. The molecule has 1 aliphatic heterocycles. The molecule has 1 fully saturated rings. The van der Waals surface area contributed by atoms with E-state index in [-0.39, 0.29) is 6.04 Å². The molecule has 1 saturated heterocycles. The number of amides is 1. The Labute approximate surface area is 111 Å². The molecule has 1 aromatic carbocycles. The summed E-state index contributed by atoms with van der Waals surface area (Å²) in [6.45, 7) is 0.879. The van der Waals surface area contributed by atoms with Crippen LogP contribution in [-0.4, -0.2) is 42.4 Å². The number of benzene rings is 1. The molecule has 6 nitrogen and oxygen atoms in total. The number of hydrogen-bond donors (Lipinski definition) is 2. The molecule has 0 spiro atoms. The van der Waals surface area contributed by atoms with E-state index >= 15 is 0 Å². The van der Waals surface area contributed by atoms with Crippen LogP contribution in [0, 0.1) is 0 Å². The molecule has 0 radical (unpaired) electrons. The first-order chi connectivity index (χ1) is 9.11. The molecule has 2 rings (SSSR count). The molecule has 1 atom stereocenters. The van der Waals surface area contributed by atoms with Gasteiger partial charge in [-0.05, 0) is 25.0 Å². The van der Waals surface area contributed by atoms with E-state index in [1.807, 2.05) is 0 Å². The zero-order valence-corrected chi connectivity index (χ0v) is 10.8. The van der Waals surface area contributed by atoms with Crippen LogP contribution in [0.4, 0.5) is 10.5 Å². The highest BCUT2D eigenvalue weighted by Crippen LogP contribution is 2.30. The molecule has 1 amide bonds. The number of ether oxygens (including phenoxy) is 2. The summed E-state index contributed by atoms with van der Waals surface area (Å²) in [4.78, 5) is 12.4. The van der Waals surface area contributed by atoms with E-state index in [0.717, 1.165) is 12.8 Å². The molecule has 0 bridgehead atoms. The van der Waals surface area contributed by atoms with Gasteiger partial charge in [0, 0.05) is 18.3 Å². The second-order valence-corrected chi connectivity index (χ2v) is 4.49. The lowest BCUT2D eigenvalue weighted by Crippen LogP contribution is -2.38. The summed E-state index contributed by atoms with van der Waals surface area (Å²) in [7, 11) is 1.55. The van der Waals surface area contributed by atoms with Gasteiger partial charge < -0.3 is 25.2 Å². The van der Waals surface area contributed by atoms with Crippen LogP contribution in [0.3, 0.4) is 0 Å². The first-order valence-electron chi connectivity index (χ1n) is 6.17. The largest absolute Gasteiger partial charge is 0.493 e. The molecule has 0 aromatic heterocycles. The fraction of sp³-hybridized carbons (Fsp3) is 0.462. The minimum Gasteiger partial charge on any atom is -0.493 e. The SMILES string of the molecule is COc1ccc(N)cc1OC[C@@H]1CCCN1C(=O)O. The molecular formula is C13H18N2O4. The van der Waals surface area contributed by atoms with Crippen LogP contribution < -0.4 is 15.2 Å². The third-order valence-electron chi connectivity index (χ3n) is 3.24. The first-order valence-corrected chi connectivity index (χ1v) is 6.17. The minimum atomic E-state index is -0.898. The van der Waals surface area contributed by atoms with Crippen molar-refractivity contribution in [2.45, 2.75) is 18.9 Å². The van der Waals surface area contributed by atoms with Crippen molar-refractivity contribution in [3.63, 3.8) is 0 Å². The summed E-state index contributed by atoms with van der Waals surface area (Å²) in [5, 5.41) is 9.05. The maximum absolute atomic E-state index is 11.0. The zero-order valence-electron chi connectivity index (χ0n) is 10.8. The van der Waals surface area contributed by atoms with Gasteiger partial charge in [0.05, 0.1) is 13.2 Å². The Bertz CT molecular complexity index is 464. The van der Waals surface area contributed by atoms with Gasteiger partial charge in [-0.25, -0.2) is 4.79 Å². The highest BCUT2D eigenvalue weighted by Gasteiger charge is 2.29. The average molecular weight is 266 g/mol. The quantitative estimate of drug-likeness (QED) is 0.812. The van der Waals surface area contributed by atoms with Crippen LogP contribution in [0.2, 0.25) is 0 Å². The number of methoxy groups -OCH3 is 1. The second kappa shape index (κ2) is 5.69. The molecule has 104 valence electrons. The van der Waals surface area contributed by atoms with E-state index < -0.39 is 6.09 Å². The van der Waals surface area contributed by atoms with Gasteiger partial charge in [0.15, 0.2) is 11.5 Å². The Morgan fingerprint density at radius 2 is 2.32 bits per heavy atom. The molecule has 1 heterocycles. The van der Waals surface area contributed by atoms with E-state index in [1.165, 1.54) is 4.90 Å². The molecule has 0 unspecified atom stereocenters. The van der Waals surface area contributed by atoms with Crippen molar-refractivity contribution < 1.29 is 19.4 Å². The Balaban J connectivity index is 2.02. The van der Waals surface area contributed by atoms with Gasteiger partial charge in [-0.3, -0.25) is 0 Å². The van der Waals surface area contributed by atoms with Crippen LogP contribution in [0.1, 0.15) is 12.8 Å². The third-order valence-corrected chi connectivity index (χ3v) is 3.24. The summed E-state index contributed by atoms with van der Waals surface area (Å²) >= 11 is 0. The summed E-state index contributed by atoms with van der Waals surface area (Å²) in [5.74, 6) is 1.13. The van der Waals surface area contributed by atoms with Crippen LogP contribution in [0.5, 0.6) is 11.5 Å². The Morgan fingerprint density at radius 1 is 1.53 bits per heavy atom. The highest BCUT2D eigenvalue weighted by molar-refractivity contribution is 5.65. The van der Waals surface area contributed by atoms with Crippen molar-refractivity contribution in [2.75, 3.05) is 26.0 Å². The monoisotopic (exact) mass is 266 g/mol. The van der Waals surface area contributed by atoms with Gasteiger partial charge in [-0.15, -0.1) is 0 Å². The number of carbonyl (C=O) groups is 1. The summed E-state index contributed by atoms with van der Waals surface area (Å²) in [6.07, 6.45) is 0.788. The maximum Gasteiger partial charge on any atom is 0.407 e. The van der Waals surface area contributed by atoms with E-state index in [4.69, 9.17) is 20.3 Å². The standard InChI is InChI=1S/C13H18N2O4/c1-18-11-5-4-9(14)7-12(11)19-8-10-3-2-6-15(10)13(16)17/h4-5,7,10H,2-3,6,8,14H2,1H3,(H,16,17)/t10-/m0/s1. The number of carboxylic acid groups (broad SMARTS) is 1. The van der Waals surface area contributed by atoms with E-state index in [9.17, 15) is 4.79 Å². The molecule has 19 heavy (non-hydrogen) atoms. The average Bonchev–Trinajstić information content (AvgIpc) is 2.85. The summed E-state index contributed by atoms with van der Waals surface area (Å²) < 4.78 is 10.8. The Kier molecular flexibility index (Phi) is 3.99. The van der Waals surface area contributed by atoms with Crippen molar-refractivity contribution in [3.05, 3.63) is 18.2 Å². The van der Waals surface area contributed by atoms with Gasteiger partial charge in [0.1, 0.15) is 6.61 Å². The fourth-order valence-electron chi connectivity index (χ4n) is 2.25. The van der Waals surface area contributed by atoms with E-state index in [2.05, 4.69) is 0 Å². The topological polar surface area (TPSA) is 85.0 Å². The molecule has 0 saturated carbocycles. The Hall–Kier alpha value is -2.11. The lowest BCUT2D eigenvalue weighted by Gasteiger charge is -2.22. The zero-order chi connectivity index (χ0) is 13.8. The summed E-state index contributed by atoms with van der Waals surface area (Å²) in [5.41, 5.74) is 6.28. The van der Waals surface area contributed by atoms with Crippen LogP contribution in [-0.2, 0) is 0 Å². The fourth-order valence-corrected chi connectivity index (χ4v) is 2.25. The predicted molar refractivity (Wildman–Crippen MR) is 70.7 cm³/mol. The lowest BCUT2D eigenvalue weighted by atomic mass is 10.2. The van der Waals surface area contributed by atoms with Crippen LogP contribution in [0.15, 0.2) is 18.2 Å². The van der Waals surface area contributed by atoms with Crippen LogP contribution >= 0.6 is 0 Å². The molecule has 1 aliphatic rings. The predicted octanol–water partition coefficient (Wildman–Crippen LogP) is 1.80. The Morgan fingerprint density at radius 3 is 3.00 bits per heavy atom. The number of nitrogens with zero attached hydrogens (tertiary/aromatic N) is 1. The number of nitrogens with two attached hydrogens (primary N) is 1. The van der Waals surface area contributed by atoms with Crippen molar-refractivity contribution >= 4 is 11.8 Å². The van der Waals surface area contributed by atoms with Crippen molar-refractivity contribution in [1.82, 2.24) is 4.90 Å². The van der Waals surface area contributed by atoms with E-state index in [1.54, 1.807) is 25.3 Å². The molecule has 0 aliphatic carbocycles. The third kappa shape index (κ3) is 3.01. The minimum absolute atomic E-state index is 0.108. The molecule has 1 aromatic rings. The maximum atomic E-state index is 11.0. The number of anilines is 1. The molecule has 3 N–H and O–H groups in total. The van der Waals surface area contributed by atoms with Gasteiger partial charge in [0.2, 0.25) is 0 Å². The molecule has 6 heteroatoms. The number of likely N-dealkylation sites (tertiary alicyclic amines) is 1. The van der Waals surface area contributed by atoms with Gasteiger partial charge in [-0.1, -0.05) is 0 Å². The van der Waals surface area contributed by atoms with Crippen molar-refractivity contribution in [3.8, 4) is 11.5 Å². The van der Waals surface area contributed by atoms with Gasteiger partial charge in [0.25, 0.3) is 0 Å². The lowest BCUT2D eigenvalue weighted by molar-refractivity contribution is 0.122. The first kappa shape index (κ1) is 13.3. The van der Waals surface area contributed by atoms with Crippen LogP contribution in [0.25, 0.3) is 0 Å². The highest BCUT2D eigenvalue weighted by atomic mass is 16.5. The number of rotatable bonds is 4. The van der Waals surface area contributed by atoms with Gasteiger partial charge in [-0.2, -0.15) is 0 Å². The summed E-state index contributed by atoms with van der Waals surface area (Å²) in [6, 6.07) is 5.03. The van der Waals surface area contributed by atoms with Crippen molar-refractivity contribution in [2.24, 2.45) is 0 Å². The number of hydrogen-bond acceptors (Lipinski definition) is 4. The second-order valence-electron chi connectivity index (χ2n) is 4.49. The molecular weight excluding hydrogens is 248 g/mol. The van der Waals surface area contributed by atoms with Gasteiger partial charge >= 0.3 is 6.09 Å².